The van der Waals surface area contributed by atoms with Gasteiger partial charge in [0.25, 0.3) is 10.1 Å². The van der Waals surface area contributed by atoms with E-state index in [1.807, 2.05) is 11.4 Å². The van der Waals surface area contributed by atoms with Crippen molar-refractivity contribution in [2.75, 3.05) is 0 Å². The first-order valence-electron chi connectivity index (χ1n) is 7.69. The number of thiophene rings is 1. The minimum Gasteiger partial charge on any atom is -0.282 e. The third-order valence-electron chi connectivity index (χ3n) is 4.05. The summed E-state index contributed by atoms with van der Waals surface area (Å²) < 4.78 is 74.3. The molecule has 0 unspecified atom stereocenters. The number of halogens is 3. The average Bonchev–Trinajstić information content (AvgIpc) is 3.07. The summed E-state index contributed by atoms with van der Waals surface area (Å²) in [5.41, 5.74) is -0.939. The van der Waals surface area contributed by atoms with Gasteiger partial charge in [0.15, 0.2) is 5.69 Å². The summed E-state index contributed by atoms with van der Waals surface area (Å²) in [7, 11) is -4.92. The van der Waals surface area contributed by atoms with Crippen LogP contribution in [0.5, 0.6) is 0 Å². The van der Waals surface area contributed by atoms with Gasteiger partial charge < -0.3 is 0 Å². The number of hydrogen-bond donors (Lipinski definition) is 1. The molecule has 142 valence electrons. The van der Waals surface area contributed by atoms with Gasteiger partial charge >= 0.3 is 6.18 Å². The van der Waals surface area contributed by atoms with Crippen molar-refractivity contribution in [1.29, 1.82) is 0 Å². The molecule has 27 heavy (non-hydrogen) atoms. The summed E-state index contributed by atoms with van der Waals surface area (Å²) in [4.78, 5) is 3.47. The van der Waals surface area contributed by atoms with Crippen LogP contribution in [0.25, 0.3) is 21.6 Å². The highest BCUT2D eigenvalue weighted by Gasteiger charge is 2.39. The van der Waals surface area contributed by atoms with Gasteiger partial charge in [-0.1, -0.05) is 18.2 Å². The zero-order valence-corrected chi connectivity index (χ0v) is 15.8. The van der Waals surface area contributed by atoms with Crippen LogP contribution in [0.15, 0.2) is 46.8 Å². The first kappa shape index (κ1) is 19.5. The molecule has 0 radical (unpaired) electrons. The van der Waals surface area contributed by atoms with Crippen molar-refractivity contribution < 1.29 is 26.1 Å². The Morgan fingerprint density at radius 1 is 1.11 bits per heavy atom. The predicted molar refractivity (Wildman–Crippen MR) is 97.3 cm³/mol. The molecule has 0 aliphatic heterocycles. The van der Waals surface area contributed by atoms with Gasteiger partial charge in [0.05, 0.1) is 0 Å². The maximum atomic E-state index is 13.6. The Kier molecular flexibility index (Phi) is 4.87. The van der Waals surface area contributed by atoms with Gasteiger partial charge in [-0.2, -0.15) is 21.6 Å². The molecule has 0 fully saturated rings. The summed E-state index contributed by atoms with van der Waals surface area (Å²) in [5, 5.41) is 1.83. The zero-order valence-electron chi connectivity index (χ0n) is 14.2. The summed E-state index contributed by atoms with van der Waals surface area (Å²) in [6, 6.07) is 8.46. The SMILES string of the molecule is Cc1ccc(-c2cccs2)cc1-c1c(C(F)(F)F)ncc(C)c1S(=O)(=O)O. The molecular weight excluding hydrogens is 399 g/mol. The van der Waals surface area contributed by atoms with Gasteiger partial charge in [-0.25, -0.2) is 0 Å². The third-order valence-corrected chi connectivity index (χ3v) is 6.01. The fourth-order valence-corrected chi connectivity index (χ4v) is 4.52. The smallest absolute Gasteiger partial charge is 0.282 e. The van der Waals surface area contributed by atoms with Crippen LogP contribution < -0.4 is 0 Å². The monoisotopic (exact) mass is 413 g/mol. The molecule has 2 aromatic heterocycles. The molecular formula is C18H14F3NO3S2. The minimum absolute atomic E-state index is 0.0528. The summed E-state index contributed by atoms with van der Waals surface area (Å²) >= 11 is 1.40. The lowest BCUT2D eigenvalue weighted by Crippen LogP contribution is -2.15. The molecule has 4 nitrogen and oxygen atoms in total. The molecule has 0 spiro atoms. The van der Waals surface area contributed by atoms with Crippen molar-refractivity contribution in [2.45, 2.75) is 24.9 Å². The van der Waals surface area contributed by atoms with E-state index in [9.17, 15) is 26.1 Å². The molecule has 0 aliphatic rings. The van der Waals surface area contributed by atoms with E-state index < -0.39 is 32.4 Å². The van der Waals surface area contributed by atoms with E-state index in [4.69, 9.17) is 0 Å². The first-order chi connectivity index (χ1) is 12.5. The Morgan fingerprint density at radius 3 is 2.37 bits per heavy atom. The Hall–Kier alpha value is -2.23. The number of pyridine rings is 1. The van der Waals surface area contributed by atoms with Gasteiger partial charge in [-0.3, -0.25) is 9.54 Å². The fourth-order valence-electron chi connectivity index (χ4n) is 2.87. The van der Waals surface area contributed by atoms with E-state index in [0.717, 1.165) is 11.1 Å². The highest BCUT2D eigenvalue weighted by atomic mass is 32.2. The summed E-state index contributed by atoms with van der Waals surface area (Å²) in [6.45, 7) is 2.86. The van der Waals surface area contributed by atoms with Crippen molar-refractivity contribution in [3.8, 4) is 21.6 Å². The van der Waals surface area contributed by atoms with Gasteiger partial charge in [0.1, 0.15) is 4.90 Å². The normalized spacial score (nSPS) is 12.4. The lowest BCUT2D eigenvalue weighted by molar-refractivity contribution is -0.140. The molecule has 9 heteroatoms. The van der Waals surface area contributed by atoms with Crippen molar-refractivity contribution >= 4 is 21.5 Å². The van der Waals surface area contributed by atoms with E-state index >= 15 is 0 Å². The van der Waals surface area contributed by atoms with Crippen LogP contribution in [0.1, 0.15) is 16.8 Å². The maximum Gasteiger partial charge on any atom is 0.434 e. The molecule has 3 rings (SSSR count). The quantitative estimate of drug-likeness (QED) is 0.587. The predicted octanol–water partition coefficient (Wildman–Crippen LogP) is 5.36. The molecule has 1 aromatic carbocycles. The lowest BCUT2D eigenvalue weighted by Gasteiger charge is -2.18. The van der Waals surface area contributed by atoms with Crippen LogP contribution in [0.3, 0.4) is 0 Å². The van der Waals surface area contributed by atoms with E-state index in [0.29, 0.717) is 11.1 Å². The van der Waals surface area contributed by atoms with Gasteiger partial charge in [0.2, 0.25) is 0 Å². The fraction of sp³-hybridized carbons (Fsp3) is 0.167. The number of hydrogen-bond acceptors (Lipinski definition) is 4. The van der Waals surface area contributed by atoms with Crippen LogP contribution in [-0.4, -0.2) is 18.0 Å². The molecule has 0 saturated carbocycles. The number of aryl methyl sites for hydroxylation is 2. The largest absolute Gasteiger partial charge is 0.434 e. The summed E-state index contributed by atoms with van der Waals surface area (Å²) in [5.74, 6) is 0. The van der Waals surface area contributed by atoms with E-state index in [2.05, 4.69) is 4.98 Å². The molecule has 3 aromatic rings. The van der Waals surface area contributed by atoms with E-state index in [-0.39, 0.29) is 11.1 Å². The number of aromatic nitrogens is 1. The summed E-state index contributed by atoms with van der Waals surface area (Å²) in [6.07, 6.45) is -4.10. The maximum absolute atomic E-state index is 13.6. The van der Waals surface area contributed by atoms with Crippen molar-refractivity contribution in [1.82, 2.24) is 4.98 Å². The standard InChI is InChI=1S/C18H14F3NO3S2/c1-10-5-6-12(14-4-3-7-26-14)8-13(10)15-16(27(23,24)25)11(2)9-22-17(15)18(19,20)21/h3-9H,1-2H3,(H,23,24,25). The van der Waals surface area contributed by atoms with Gasteiger partial charge in [0, 0.05) is 16.6 Å². The van der Waals surface area contributed by atoms with Crippen LogP contribution in [0, 0.1) is 13.8 Å². The number of alkyl halides is 3. The van der Waals surface area contributed by atoms with Crippen molar-refractivity contribution in [3.63, 3.8) is 0 Å². The Labute approximate surface area is 158 Å². The molecule has 2 heterocycles. The molecule has 0 atom stereocenters. The minimum atomic E-state index is -4.92. The van der Waals surface area contributed by atoms with Gasteiger partial charge in [-0.05, 0) is 53.6 Å². The Morgan fingerprint density at radius 2 is 1.81 bits per heavy atom. The molecule has 0 aliphatic carbocycles. The van der Waals surface area contributed by atoms with Crippen molar-refractivity contribution in [2.24, 2.45) is 0 Å². The third kappa shape index (κ3) is 3.76. The highest BCUT2D eigenvalue weighted by molar-refractivity contribution is 7.86. The molecule has 0 saturated heterocycles. The average molecular weight is 413 g/mol. The molecule has 1 N–H and O–H groups in total. The second-order valence-corrected chi connectivity index (χ2v) is 8.28. The van der Waals surface area contributed by atoms with Crippen LogP contribution >= 0.6 is 11.3 Å². The Bertz CT molecular complexity index is 1110. The van der Waals surface area contributed by atoms with Crippen LogP contribution in [0.4, 0.5) is 13.2 Å². The molecule has 0 amide bonds. The number of rotatable bonds is 3. The zero-order chi connectivity index (χ0) is 20.0. The Balaban J connectivity index is 2.44. The van der Waals surface area contributed by atoms with E-state index in [1.54, 1.807) is 25.1 Å². The molecule has 0 bridgehead atoms. The first-order valence-corrected chi connectivity index (χ1v) is 10.0. The van der Waals surface area contributed by atoms with Crippen molar-refractivity contribution in [3.05, 3.63) is 58.7 Å². The van der Waals surface area contributed by atoms with Crippen LogP contribution in [0.2, 0.25) is 0 Å². The number of nitrogens with zero attached hydrogens (tertiary/aromatic N) is 1. The number of benzene rings is 1. The second-order valence-electron chi connectivity index (χ2n) is 5.97. The van der Waals surface area contributed by atoms with Gasteiger partial charge in [-0.15, -0.1) is 11.3 Å². The topological polar surface area (TPSA) is 67.3 Å². The second kappa shape index (κ2) is 6.74. The van der Waals surface area contributed by atoms with Crippen LogP contribution in [-0.2, 0) is 16.3 Å². The lowest BCUT2D eigenvalue weighted by atomic mass is 9.95. The van der Waals surface area contributed by atoms with E-state index in [1.165, 1.54) is 24.3 Å². The highest BCUT2D eigenvalue weighted by Crippen LogP contribution is 2.42.